The van der Waals surface area contributed by atoms with Crippen molar-refractivity contribution in [3.8, 4) is 23.1 Å². The van der Waals surface area contributed by atoms with E-state index in [1.807, 2.05) is 6.92 Å². The minimum atomic E-state index is -0.277. The SMILES string of the molecule is COc1ccc(C(=O)c2cc(C)cc(C(=O)c3ccc(OC)cc3)c2Oc2ccccn2)cc1. The minimum Gasteiger partial charge on any atom is -0.497 e. The first-order valence-corrected chi connectivity index (χ1v) is 10.6. The fourth-order valence-corrected chi connectivity index (χ4v) is 3.53. The molecule has 0 bridgehead atoms. The number of hydrogen-bond donors (Lipinski definition) is 0. The van der Waals surface area contributed by atoms with Gasteiger partial charge in [0.15, 0.2) is 17.3 Å². The highest BCUT2D eigenvalue weighted by Crippen LogP contribution is 2.34. The lowest BCUT2D eigenvalue weighted by atomic mass is 9.93. The summed E-state index contributed by atoms with van der Waals surface area (Å²) in [6.45, 7) is 1.83. The molecule has 0 N–H and O–H groups in total. The van der Waals surface area contributed by atoms with Crippen molar-refractivity contribution in [3.63, 3.8) is 0 Å². The van der Waals surface area contributed by atoms with E-state index in [0.29, 0.717) is 22.6 Å². The molecule has 1 heterocycles. The Morgan fingerprint density at radius 1 is 0.706 bits per heavy atom. The summed E-state index contributed by atoms with van der Waals surface area (Å²) in [5.41, 5.74) is 2.18. The first kappa shape index (κ1) is 22.7. The van der Waals surface area contributed by atoms with Crippen LogP contribution in [0.3, 0.4) is 0 Å². The van der Waals surface area contributed by atoms with Crippen LogP contribution >= 0.6 is 0 Å². The Morgan fingerprint density at radius 3 is 1.62 bits per heavy atom. The van der Waals surface area contributed by atoms with Gasteiger partial charge in [0.1, 0.15) is 11.5 Å². The largest absolute Gasteiger partial charge is 0.497 e. The van der Waals surface area contributed by atoms with Gasteiger partial charge < -0.3 is 14.2 Å². The molecule has 4 aromatic rings. The minimum absolute atomic E-state index is 0.158. The van der Waals surface area contributed by atoms with Crippen LogP contribution in [0.15, 0.2) is 85.1 Å². The predicted molar refractivity (Wildman–Crippen MR) is 128 cm³/mol. The zero-order valence-electron chi connectivity index (χ0n) is 19.1. The fourth-order valence-electron chi connectivity index (χ4n) is 3.53. The van der Waals surface area contributed by atoms with E-state index < -0.39 is 0 Å². The van der Waals surface area contributed by atoms with Crippen LogP contribution in [0, 0.1) is 6.92 Å². The summed E-state index contributed by atoms with van der Waals surface area (Å²) in [6, 6.07) is 22.2. The number of benzene rings is 3. The molecule has 3 aromatic carbocycles. The maximum absolute atomic E-state index is 13.5. The fraction of sp³-hybridized carbons (Fsp3) is 0.107. The number of ether oxygens (including phenoxy) is 3. The van der Waals surface area contributed by atoms with Crippen molar-refractivity contribution in [3.05, 3.63) is 113 Å². The third-order valence-electron chi connectivity index (χ3n) is 5.27. The first-order chi connectivity index (χ1) is 16.5. The van der Waals surface area contributed by atoms with Crippen molar-refractivity contribution >= 4 is 11.6 Å². The summed E-state index contributed by atoms with van der Waals surface area (Å²) >= 11 is 0. The molecule has 0 amide bonds. The van der Waals surface area contributed by atoms with Crippen LogP contribution in [0.2, 0.25) is 0 Å². The predicted octanol–water partition coefficient (Wildman–Crippen LogP) is 5.66. The van der Waals surface area contributed by atoms with E-state index in [0.717, 1.165) is 5.56 Å². The zero-order chi connectivity index (χ0) is 24.1. The van der Waals surface area contributed by atoms with Crippen LogP contribution in [0.1, 0.15) is 37.4 Å². The quantitative estimate of drug-likeness (QED) is 0.321. The number of carbonyl (C=O) groups excluding carboxylic acids is 2. The number of carbonyl (C=O) groups is 2. The van der Waals surface area contributed by atoms with Crippen LogP contribution < -0.4 is 14.2 Å². The highest BCUT2D eigenvalue weighted by atomic mass is 16.5. The smallest absolute Gasteiger partial charge is 0.219 e. The van der Waals surface area contributed by atoms with E-state index in [9.17, 15) is 9.59 Å². The molecule has 0 saturated heterocycles. The molecular weight excluding hydrogens is 430 g/mol. The van der Waals surface area contributed by atoms with Gasteiger partial charge in [-0.25, -0.2) is 4.98 Å². The number of ketones is 2. The summed E-state index contributed by atoms with van der Waals surface area (Å²) in [5.74, 6) is 1.16. The van der Waals surface area contributed by atoms with Gasteiger partial charge in [-0.2, -0.15) is 0 Å². The van der Waals surface area contributed by atoms with Crippen molar-refractivity contribution in [2.75, 3.05) is 14.2 Å². The van der Waals surface area contributed by atoms with Crippen LogP contribution in [-0.2, 0) is 0 Å². The van der Waals surface area contributed by atoms with Crippen LogP contribution in [0.4, 0.5) is 0 Å². The van der Waals surface area contributed by atoms with Gasteiger partial charge in [-0.1, -0.05) is 6.07 Å². The standard InChI is InChI=1S/C28H23NO5/c1-18-16-23(26(30)19-7-11-21(32-2)12-8-19)28(34-25-6-4-5-15-29-25)24(17-18)27(31)20-9-13-22(33-3)14-10-20/h4-17H,1-3H3. The lowest BCUT2D eigenvalue weighted by molar-refractivity contribution is 0.103. The van der Waals surface area contributed by atoms with Crippen LogP contribution in [0.25, 0.3) is 0 Å². The lowest BCUT2D eigenvalue weighted by Crippen LogP contribution is -2.11. The third-order valence-corrected chi connectivity index (χ3v) is 5.27. The van der Waals surface area contributed by atoms with E-state index in [2.05, 4.69) is 4.98 Å². The van der Waals surface area contributed by atoms with Gasteiger partial charge in [0.25, 0.3) is 0 Å². The normalized spacial score (nSPS) is 10.4. The summed E-state index contributed by atoms with van der Waals surface area (Å²) < 4.78 is 16.5. The molecule has 0 aliphatic carbocycles. The summed E-state index contributed by atoms with van der Waals surface area (Å²) in [7, 11) is 3.13. The van der Waals surface area contributed by atoms with Crippen molar-refractivity contribution in [2.24, 2.45) is 0 Å². The molecule has 0 radical (unpaired) electrons. The monoisotopic (exact) mass is 453 g/mol. The van der Waals surface area contributed by atoms with E-state index in [1.54, 1.807) is 99.3 Å². The van der Waals surface area contributed by atoms with E-state index >= 15 is 0 Å². The molecule has 0 aliphatic rings. The van der Waals surface area contributed by atoms with Gasteiger partial charge in [-0.05, 0) is 79.2 Å². The molecule has 0 aliphatic heterocycles. The average Bonchev–Trinajstić information content (AvgIpc) is 2.89. The second kappa shape index (κ2) is 10.0. The number of aryl methyl sites for hydroxylation is 1. The number of nitrogens with zero attached hydrogens (tertiary/aromatic N) is 1. The average molecular weight is 453 g/mol. The molecule has 4 rings (SSSR count). The van der Waals surface area contributed by atoms with Gasteiger partial charge >= 0.3 is 0 Å². The van der Waals surface area contributed by atoms with Gasteiger partial charge in [-0.15, -0.1) is 0 Å². The Kier molecular flexibility index (Phi) is 6.69. The number of hydrogen-bond acceptors (Lipinski definition) is 6. The molecular formula is C28H23NO5. The van der Waals surface area contributed by atoms with Crippen molar-refractivity contribution in [1.82, 2.24) is 4.98 Å². The highest BCUT2D eigenvalue weighted by molar-refractivity contribution is 6.16. The number of aromatic nitrogens is 1. The molecule has 34 heavy (non-hydrogen) atoms. The van der Waals surface area contributed by atoms with Crippen LogP contribution in [0.5, 0.6) is 23.1 Å². The number of methoxy groups -OCH3 is 2. The van der Waals surface area contributed by atoms with E-state index in [4.69, 9.17) is 14.2 Å². The third kappa shape index (κ3) is 4.81. The molecule has 0 fully saturated rings. The maximum Gasteiger partial charge on any atom is 0.219 e. The van der Waals surface area contributed by atoms with Gasteiger partial charge in [0, 0.05) is 23.4 Å². The van der Waals surface area contributed by atoms with Gasteiger partial charge in [-0.3, -0.25) is 9.59 Å². The molecule has 1 aromatic heterocycles. The summed E-state index contributed by atoms with van der Waals surface area (Å²) in [6.07, 6.45) is 1.58. The summed E-state index contributed by atoms with van der Waals surface area (Å²) in [5, 5.41) is 0. The number of rotatable bonds is 8. The second-order valence-corrected chi connectivity index (χ2v) is 7.57. The number of pyridine rings is 1. The van der Waals surface area contributed by atoms with Crippen LogP contribution in [-0.4, -0.2) is 30.8 Å². The Balaban J connectivity index is 1.85. The maximum atomic E-state index is 13.5. The molecule has 6 nitrogen and oxygen atoms in total. The first-order valence-electron chi connectivity index (χ1n) is 10.6. The van der Waals surface area contributed by atoms with Gasteiger partial charge in [0.2, 0.25) is 5.88 Å². The highest BCUT2D eigenvalue weighted by Gasteiger charge is 2.24. The van der Waals surface area contributed by atoms with Crippen molar-refractivity contribution in [2.45, 2.75) is 6.92 Å². The Bertz CT molecular complexity index is 1230. The van der Waals surface area contributed by atoms with Crippen molar-refractivity contribution < 1.29 is 23.8 Å². The molecule has 0 saturated carbocycles. The van der Waals surface area contributed by atoms with Crippen molar-refractivity contribution in [1.29, 1.82) is 0 Å². The van der Waals surface area contributed by atoms with Gasteiger partial charge in [0.05, 0.1) is 25.3 Å². The molecule has 0 spiro atoms. The Morgan fingerprint density at radius 2 is 1.21 bits per heavy atom. The Hall–Kier alpha value is -4.45. The second-order valence-electron chi connectivity index (χ2n) is 7.57. The molecule has 6 heteroatoms. The lowest BCUT2D eigenvalue weighted by Gasteiger charge is -2.16. The molecule has 0 unspecified atom stereocenters. The summed E-state index contributed by atoms with van der Waals surface area (Å²) in [4.78, 5) is 31.3. The Labute approximate surface area is 197 Å². The molecule has 0 atom stereocenters. The zero-order valence-corrected chi connectivity index (χ0v) is 19.1. The topological polar surface area (TPSA) is 74.7 Å². The molecule has 170 valence electrons. The van der Waals surface area contributed by atoms with E-state index in [-0.39, 0.29) is 34.3 Å². The van der Waals surface area contributed by atoms with E-state index in [1.165, 1.54) is 0 Å².